The lowest BCUT2D eigenvalue weighted by molar-refractivity contribution is 0.586. The summed E-state index contributed by atoms with van der Waals surface area (Å²) in [7, 11) is -1.92. The van der Waals surface area contributed by atoms with Crippen LogP contribution >= 0.6 is 0 Å². The highest BCUT2D eigenvalue weighted by Gasteiger charge is 2.11. The van der Waals surface area contributed by atoms with E-state index in [2.05, 4.69) is 10.0 Å². The molecular weight excluding hydrogens is 224 g/mol. The number of hydrogen-bond acceptors (Lipinski definition) is 3. The summed E-state index contributed by atoms with van der Waals surface area (Å²) in [4.78, 5) is 0.294. The summed E-state index contributed by atoms with van der Waals surface area (Å²) in [5, 5.41) is 3.27. The van der Waals surface area contributed by atoms with Gasteiger partial charge >= 0.3 is 0 Å². The van der Waals surface area contributed by atoms with E-state index in [4.69, 9.17) is 0 Å². The van der Waals surface area contributed by atoms with Gasteiger partial charge in [-0.2, -0.15) is 0 Å². The molecule has 0 bridgehead atoms. The molecule has 0 aliphatic rings. The molecule has 2 N–H and O–H groups in total. The van der Waals surface area contributed by atoms with E-state index in [0.717, 1.165) is 12.1 Å². The first kappa shape index (κ1) is 13.2. The molecule has 1 aromatic carbocycles. The van der Waals surface area contributed by atoms with E-state index in [1.165, 1.54) is 7.05 Å². The van der Waals surface area contributed by atoms with Crippen molar-refractivity contribution in [2.24, 2.45) is 0 Å². The van der Waals surface area contributed by atoms with E-state index in [-0.39, 0.29) is 6.04 Å². The maximum absolute atomic E-state index is 11.5. The molecule has 0 aromatic heterocycles. The first-order chi connectivity index (χ1) is 7.51. The minimum Gasteiger partial charge on any atom is -0.310 e. The number of sulfonamides is 1. The predicted octanol–water partition coefficient (Wildman–Crippen LogP) is 1.27. The highest BCUT2D eigenvalue weighted by Crippen LogP contribution is 2.15. The summed E-state index contributed by atoms with van der Waals surface area (Å²) in [5.74, 6) is 0. The van der Waals surface area contributed by atoms with Crippen molar-refractivity contribution in [2.45, 2.75) is 24.8 Å². The molecule has 0 heterocycles. The van der Waals surface area contributed by atoms with Crippen molar-refractivity contribution in [3.05, 3.63) is 29.8 Å². The smallest absolute Gasteiger partial charge is 0.240 e. The van der Waals surface area contributed by atoms with Crippen LogP contribution in [0.15, 0.2) is 29.2 Å². The van der Waals surface area contributed by atoms with Gasteiger partial charge in [0, 0.05) is 6.04 Å². The van der Waals surface area contributed by atoms with Crippen molar-refractivity contribution >= 4 is 10.0 Å². The summed E-state index contributed by atoms with van der Waals surface area (Å²) >= 11 is 0. The Bertz CT molecular complexity index is 426. The number of rotatable bonds is 5. The molecule has 1 rings (SSSR count). The van der Waals surface area contributed by atoms with Gasteiger partial charge in [-0.1, -0.05) is 19.1 Å². The van der Waals surface area contributed by atoms with Gasteiger partial charge in [0.25, 0.3) is 0 Å². The highest BCUT2D eigenvalue weighted by atomic mass is 32.2. The van der Waals surface area contributed by atoms with Crippen molar-refractivity contribution < 1.29 is 8.42 Å². The molecule has 0 saturated carbocycles. The molecule has 0 aliphatic heterocycles. The minimum absolute atomic E-state index is 0.233. The third-order valence-corrected chi connectivity index (χ3v) is 3.90. The van der Waals surface area contributed by atoms with Crippen LogP contribution in [0.1, 0.15) is 25.5 Å². The molecule has 4 nitrogen and oxygen atoms in total. The predicted molar refractivity (Wildman–Crippen MR) is 64.8 cm³/mol. The third kappa shape index (κ3) is 3.04. The fourth-order valence-electron chi connectivity index (χ4n) is 1.48. The average molecular weight is 242 g/mol. The fraction of sp³-hybridized carbons (Fsp3) is 0.455. The van der Waals surface area contributed by atoms with Gasteiger partial charge in [0.1, 0.15) is 0 Å². The molecule has 5 heteroatoms. The van der Waals surface area contributed by atoms with Gasteiger partial charge in [-0.25, -0.2) is 13.1 Å². The summed E-state index contributed by atoms with van der Waals surface area (Å²) in [6, 6.07) is 7.13. The van der Waals surface area contributed by atoms with Gasteiger partial charge in [0.2, 0.25) is 10.0 Å². The van der Waals surface area contributed by atoms with Crippen LogP contribution in [0, 0.1) is 0 Å². The standard InChI is InChI=1S/C11H18N2O2S/c1-4-13-9(2)10-5-7-11(8-6-10)16(14,15)12-3/h5-9,12-13H,4H2,1-3H3. The van der Waals surface area contributed by atoms with Crippen LogP contribution in [0.4, 0.5) is 0 Å². The fourth-order valence-corrected chi connectivity index (χ4v) is 2.21. The van der Waals surface area contributed by atoms with Gasteiger partial charge in [0.15, 0.2) is 0 Å². The van der Waals surface area contributed by atoms with Crippen LogP contribution in [0.3, 0.4) is 0 Å². The number of nitrogens with one attached hydrogen (secondary N) is 2. The quantitative estimate of drug-likeness (QED) is 0.817. The average Bonchev–Trinajstić information content (AvgIpc) is 2.29. The molecular formula is C11H18N2O2S. The summed E-state index contributed by atoms with van der Waals surface area (Å²) in [6.07, 6.45) is 0. The lowest BCUT2D eigenvalue weighted by atomic mass is 10.1. The van der Waals surface area contributed by atoms with Crippen molar-refractivity contribution in [3.63, 3.8) is 0 Å². The molecule has 90 valence electrons. The molecule has 1 unspecified atom stereocenters. The van der Waals surface area contributed by atoms with Crippen molar-refractivity contribution in [2.75, 3.05) is 13.6 Å². The Hall–Kier alpha value is -0.910. The Morgan fingerprint density at radius 3 is 2.25 bits per heavy atom. The van der Waals surface area contributed by atoms with E-state index in [1.807, 2.05) is 26.0 Å². The van der Waals surface area contributed by atoms with Gasteiger partial charge in [-0.3, -0.25) is 0 Å². The van der Waals surface area contributed by atoms with E-state index < -0.39 is 10.0 Å². The molecule has 0 amide bonds. The zero-order valence-electron chi connectivity index (χ0n) is 9.82. The molecule has 0 aliphatic carbocycles. The van der Waals surface area contributed by atoms with Crippen LogP contribution in [0.5, 0.6) is 0 Å². The van der Waals surface area contributed by atoms with Crippen LogP contribution < -0.4 is 10.0 Å². The minimum atomic E-state index is -3.32. The van der Waals surface area contributed by atoms with Crippen molar-refractivity contribution in [3.8, 4) is 0 Å². The van der Waals surface area contributed by atoms with Gasteiger partial charge in [-0.05, 0) is 38.2 Å². The highest BCUT2D eigenvalue weighted by molar-refractivity contribution is 7.89. The maximum Gasteiger partial charge on any atom is 0.240 e. The Kier molecular flexibility index (Phi) is 4.46. The van der Waals surface area contributed by atoms with Crippen LogP contribution in [0.25, 0.3) is 0 Å². The zero-order chi connectivity index (χ0) is 12.2. The Balaban J connectivity index is 2.91. The molecule has 1 aromatic rings. The van der Waals surface area contributed by atoms with Crippen molar-refractivity contribution in [1.29, 1.82) is 0 Å². The molecule has 0 fully saturated rings. The number of benzene rings is 1. The molecule has 1 atom stereocenters. The van der Waals surface area contributed by atoms with Crippen LogP contribution in [-0.4, -0.2) is 22.0 Å². The Morgan fingerprint density at radius 1 is 1.25 bits per heavy atom. The van der Waals surface area contributed by atoms with Gasteiger partial charge < -0.3 is 5.32 Å². The normalized spacial score (nSPS) is 13.7. The summed E-state index contributed by atoms with van der Waals surface area (Å²) in [6.45, 7) is 4.97. The summed E-state index contributed by atoms with van der Waals surface area (Å²) < 4.78 is 25.3. The molecule has 0 radical (unpaired) electrons. The lowest BCUT2D eigenvalue weighted by Crippen LogP contribution is -2.19. The van der Waals surface area contributed by atoms with E-state index in [0.29, 0.717) is 4.90 Å². The van der Waals surface area contributed by atoms with E-state index in [9.17, 15) is 8.42 Å². The van der Waals surface area contributed by atoms with E-state index >= 15 is 0 Å². The number of hydrogen-bond donors (Lipinski definition) is 2. The van der Waals surface area contributed by atoms with Crippen LogP contribution in [0.2, 0.25) is 0 Å². The Morgan fingerprint density at radius 2 is 1.81 bits per heavy atom. The molecule has 0 spiro atoms. The zero-order valence-corrected chi connectivity index (χ0v) is 10.6. The first-order valence-corrected chi connectivity index (χ1v) is 6.76. The van der Waals surface area contributed by atoms with Crippen molar-refractivity contribution in [1.82, 2.24) is 10.0 Å². The third-order valence-electron chi connectivity index (χ3n) is 2.47. The van der Waals surface area contributed by atoms with Gasteiger partial charge in [-0.15, -0.1) is 0 Å². The van der Waals surface area contributed by atoms with E-state index in [1.54, 1.807) is 12.1 Å². The first-order valence-electron chi connectivity index (χ1n) is 5.28. The van der Waals surface area contributed by atoms with Gasteiger partial charge in [0.05, 0.1) is 4.90 Å². The summed E-state index contributed by atoms with van der Waals surface area (Å²) in [5.41, 5.74) is 1.08. The second-order valence-corrected chi connectivity index (χ2v) is 5.44. The monoisotopic (exact) mass is 242 g/mol. The lowest BCUT2D eigenvalue weighted by Gasteiger charge is -2.13. The SMILES string of the molecule is CCNC(C)c1ccc(S(=O)(=O)NC)cc1. The largest absolute Gasteiger partial charge is 0.310 e. The Labute approximate surface area is 97.1 Å². The second-order valence-electron chi connectivity index (χ2n) is 3.56. The second kappa shape index (κ2) is 5.43. The topological polar surface area (TPSA) is 58.2 Å². The maximum atomic E-state index is 11.5. The molecule has 0 saturated heterocycles. The molecule has 16 heavy (non-hydrogen) atoms. The van der Waals surface area contributed by atoms with Crippen LogP contribution in [-0.2, 0) is 10.0 Å².